The van der Waals surface area contributed by atoms with Gasteiger partial charge in [0, 0.05) is 12.1 Å². The van der Waals surface area contributed by atoms with Gasteiger partial charge < -0.3 is 15.7 Å². The number of nitrogens with one attached hydrogen (secondary N) is 2. The molecule has 1 unspecified atom stereocenters. The topological polar surface area (TPSA) is 78.4 Å². The van der Waals surface area contributed by atoms with Gasteiger partial charge in [-0.15, -0.1) is 0 Å². The van der Waals surface area contributed by atoms with Crippen molar-refractivity contribution in [3.05, 3.63) is 29.8 Å². The van der Waals surface area contributed by atoms with Crippen LogP contribution >= 0.6 is 0 Å². The summed E-state index contributed by atoms with van der Waals surface area (Å²) in [6.45, 7) is 3.87. The van der Waals surface area contributed by atoms with Crippen molar-refractivity contribution in [1.29, 1.82) is 0 Å². The minimum Gasteiger partial charge on any atom is -0.480 e. The number of para-hydroxylation sites is 1. The van der Waals surface area contributed by atoms with Gasteiger partial charge in [-0.25, -0.2) is 4.79 Å². The summed E-state index contributed by atoms with van der Waals surface area (Å²) in [4.78, 5) is 23.3. The molecule has 0 radical (unpaired) electrons. The summed E-state index contributed by atoms with van der Waals surface area (Å²) in [5.74, 6) is -1.03. The summed E-state index contributed by atoms with van der Waals surface area (Å²) in [5, 5.41) is 14.9. The third kappa shape index (κ3) is 3.29. The van der Waals surface area contributed by atoms with Crippen LogP contribution in [0.1, 0.15) is 25.8 Å². The Hall–Kier alpha value is -2.04. The van der Waals surface area contributed by atoms with E-state index in [1.54, 1.807) is 0 Å². The van der Waals surface area contributed by atoms with E-state index >= 15 is 0 Å². The van der Waals surface area contributed by atoms with Crippen LogP contribution in [0.5, 0.6) is 0 Å². The third-order valence-electron chi connectivity index (χ3n) is 3.41. The highest BCUT2D eigenvalue weighted by Gasteiger charge is 2.29. The number of rotatable bonds is 5. The van der Waals surface area contributed by atoms with E-state index in [4.69, 9.17) is 5.11 Å². The second-order valence-electron chi connectivity index (χ2n) is 5.59. The highest BCUT2D eigenvalue weighted by Crippen LogP contribution is 2.25. The van der Waals surface area contributed by atoms with Gasteiger partial charge in [0.15, 0.2) is 0 Å². The second-order valence-corrected chi connectivity index (χ2v) is 5.59. The van der Waals surface area contributed by atoms with Gasteiger partial charge in [0.2, 0.25) is 5.91 Å². The quantitative estimate of drug-likeness (QED) is 0.764. The maximum Gasteiger partial charge on any atom is 0.326 e. The van der Waals surface area contributed by atoms with Gasteiger partial charge in [-0.3, -0.25) is 4.79 Å². The predicted molar refractivity (Wildman–Crippen MR) is 76.6 cm³/mol. The fourth-order valence-corrected chi connectivity index (χ4v) is 2.42. The number of amides is 1. The molecule has 3 N–H and O–H groups in total. The van der Waals surface area contributed by atoms with Gasteiger partial charge in [0.1, 0.15) is 12.1 Å². The van der Waals surface area contributed by atoms with Crippen LogP contribution in [-0.4, -0.2) is 29.1 Å². The Balaban J connectivity index is 1.97. The Kier molecular flexibility index (Phi) is 4.27. The van der Waals surface area contributed by atoms with E-state index in [1.807, 2.05) is 38.1 Å². The molecule has 1 amide bonds. The van der Waals surface area contributed by atoms with Crippen LogP contribution in [0.4, 0.5) is 5.69 Å². The highest BCUT2D eigenvalue weighted by atomic mass is 16.4. The van der Waals surface area contributed by atoms with Gasteiger partial charge in [-0.1, -0.05) is 32.0 Å². The fraction of sp³-hybridized carbons (Fsp3) is 0.467. The Bertz CT molecular complexity index is 489. The SMILES string of the molecule is CC(C)CC(NC(=O)[C@@H]1Cc2ccccc2N1)C(=O)O. The van der Waals surface area contributed by atoms with E-state index in [0.29, 0.717) is 12.8 Å². The van der Waals surface area contributed by atoms with Crippen LogP contribution < -0.4 is 10.6 Å². The van der Waals surface area contributed by atoms with Crippen LogP contribution in [-0.2, 0) is 16.0 Å². The van der Waals surface area contributed by atoms with Crippen molar-refractivity contribution in [3.8, 4) is 0 Å². The number of benzene rings is 1. The fourth-order valence-electron chi connectivity index (χ4n) is 2.42. The minimum absolute atomic E-state index is 0.213. The monoisotopic (exact) mass is 276 g/mol. The predicted octanol–water partition coefficient (Wildman–Crippen LogP) is 1.64. The lowest BCUT2D eigenvalue weighted by atomic mass is 10.0. The zero-order valence-corrected chi connectivity index (χ0v) is 11.7. The molecule has 0 saturated heterocycles. The Morgan fingerprint density at radius 3 is 2.70 bits per heavy atom. The first-order valence-electron chi connectivity index (χ1n) is 6.85. The van der Waals surface area contributed by atoms with E-state index in [0.717, 1.165) is 11.3 Å². The van der Waals surface area contributed by atoms with E-state index in [2.05, 4.69) is 10.6 Å². The Morgan fingerprint density at radius 2 is 2.10 bits per heavy atom. The molecule has 20 heavy (non-hydrogen) atoms. The lowest BCUT2D eigenvalue weighted by Crippen LogP contribution is -2.47. The lowest BCUT2D eigenvalue weighted by molar-refractivity contribution is -0.142. The van der Waals surface area contributed by atoms with E-state index in [-0.39, 0.29) is 17.9 Å². The van der Waals surface area contributed by atoms with Gasteiger partial charge in [0.05, 0.1) is 0 Å². The summed E-state index contributed by atoms with van der Waals surface area (Å²) in [7, 11) is 0. The molecule has 1 aliphatic heterocycles. The average molecular weight is 276 g/mol. The van der Waals surface area contributed by atoms with Gasteiger partial charge in [-0.05, 0) is 24.0 Å². The second kappa shape index (κ2) is 5.94. The highest BCUT2D eigenvalue weighted by molar-refractivity contribution is 5.90. The number of hydrogen-bond acceptors (Lipinski definition) is 3. The Morgan fingerprint density at radius 1 is 1.40 bits per heavy atom. The minimum atomic E-state index is -0.984. The first-order valence-corrected chi connectivity index (χ1v) is 6.85. The molecule has 1 heterocycles. The maximum atomic E-state index is 12.2. The van der Waals surface area contributed by atoms with Crippen molar-refractivity contribution in [2.24, 2.45) is 5.92 Å². The smallest absolute Gasteiger partial charge is 0.326 e. The molecule has 2 rings (SSSR count). The van der Waals surface area contributed by atoms with Gasteiger partial charge in [-0.2, -0.15) is 0 Å². The molecular formula is C15H20N2O3. The molecule has 108 valence electrons. The van der Waals surface area contributed by atoms with Crippen molar-refractivity contribution in [1.82, 2.24) is 5.32 Å². The zero-order chi connectivity index (χ0) is 14.7. The maximum absolute atomic E-state index is 12.2. The van der Waals surface area contributed by atoms with Crippen molar-refractivity contribution >= 4 is 17.6 Å². The van der Waals surface area contributed by atoms with Crippen LogP contribution in [0.3, 0.4) is 0 Å². The first kappa shape index (κ1) is 14.4. The molecule has 0 bridgehead atoms. The number of carbonyl (C=O) groups is 2. The molecule has 1 aromatic carbocycles. The molecular weight excluding hydrogens is 256 g/mol. The van der Waals surface area contributed by atoms with Crippen molar-refractivity contribution < 1.29 is 14.7 Å². The van der Waals surface area contributed by atoms with Crippen LogP contribution in [0.25, 0.3) is 0 Å². The van der Waals surface area contributed by atoms with Crippen molar-refractivity contribution in [2.45, 2.75) is 38.8 Å². The summed E-state index contributed by atoms with van der Waals surface area (Å²) < 4.78 is 0. The standard InChI is InChI=1S/C15H20N2O3/c1-9(2)7-13(15(19)20)17-14(18)12-8-10-5-3-4-6-11(10)16-12/h3-6,9,12-13,16H,7-8H2,1-2H3,(H,17,18)(H,19,20)/t12-,13?/m0/s1. The number of hydrogen-bond donors (Lipinski definition) is 3. The molecule has 0 saturated carbocycles. The molecule has 0 spiro atoms. The number of anilines is 1. The number of carboxylic acid groups (broad SMARTS) is 1. The largest absolute Gasteiger partial charge is 0.480 e. The molecule has 5 heteroatoms. The van der Waals surface area contributed by atoms with Gasteiger partial charge >= 0.3 is 5.97 Å². The molecule has 0 aliphatic carbocycles. The number of carbonyl (C=O) groups excluding carboxylic acids is 1. The molecule has 1 aliphatic rings. The molecule has 1 aromatic rings. The van der Waals surface area contributed by atoms with Crippen LogP contribution in [0.2, 0.25) is 0 Å². The van der Waals surface area contributed by atoms with Crippen LogP contribution in [0.15, 0.2) is 24.3 Å². The number of carboxylic acids is 1. The molecule has 5 nitrogen and oxygen atoms in total. The number of fused-ring (bicyclic) bond motifs is 1. The third-order valence-corrected chi connectivity index (χ3v) is 3.41. The summed E-state index contributed by atoms with van der Waals surface area (Å²) in [6.07, 6.45) is 1.02. The zero-order valence-electron chi connectivity index (χ0n) is 11.7. The molecule has 0 fully saturated rings. The molecule has 0 aromatic heterocycles. The van der Waals surface area contributed by atoms with E-state index in [9.17, 15) is 9.59 Å². The number of aliphatic carboxylic acids is 1. The van der Waals surface area contributed by atoms with Crippen molar-refractivity contribution in [2.75, 3.05) is 5.32 Å². The van der Waals surface area contributed by atoms with Crippen molar-refractivity contribution in [3.63, 3.8) is 0 Å². The first-order chi connectivity index (χ1) is 9.47. The Labute approximate surface area is 118 Å². The van der Waals surface area contributed by atoms with E-state index < -0.39 is 12.0 Å². The average Bonchev–Trinajstić information content (AvgIpc) is 2.81. The molecule has 2 atom stereocenters. The van der Waals surface area contributed by atoms with Gasteiger partial charge in [0.25, 0.3) is 0 Å². The summed E-state index contributed by atoms with van der Waals surface area (Å²) >= 11 is 0. The summed E-state index contributed by atoms with van der Waals surface area (Å²) in [6, 6.07) is 6.52. The normalized spacial score (nSPS) is 18.2. The summed E-state index contributed by atoms with van der Waals surface area (Å²) in [5.41, 5.74) is 2.03. The lowest BCUT2D eigenvalue weighted by Gasteiger charge is -2.19. The van der Waals surface area contributed by atoms with Crippen LogP contribution in [0, 0.1) is 5.92 Å². The van der Waals surface area contributed by atoms with E-state index in [1.165, 1.54) is 0 Å².